The van der Waals surface area contributed by atoms with Crippen molar-refractivity contribution in [1.29, 1.82) is 0 Å². The van der Waals surface area contributed by atoms with Crippen molar-refractivity contribution in [3.8, 4) is 0 Å². The highest BCUT2D eigenvalue weighted by Crippen LogP contribution is 2.52. The molecule has 0 aromatic carbocycles. The molecule has 0 radical (unpaired) electrons. The zero-order chi connectivity index (χ0) is 16.7. The molecule has 7 atom stereocenters. The fraction of sp³-hybridized carbons (Fsp3) is 0.909. The Labute approximate surface area is 140 Å². The van der Waals surface area contributed by atoms with E-state index < -0.39 is 0 Å². The van der Waals surface area contributed by atoms with Gasteiger partial charge < -0.3 is 0 Å². The van der Waals surface area contributed by atoms with E-state index in [0.29, 0.717) is 5.41 Å². The fourth-order valence-corrected chi connectivity index (χ4v) is 5.28. The van der Waals surface area contributed by atoms with E-state index in [1.54, 1.807) is 5.57 Å². The number of allylic oxidation sites excluding steroid dienone is 1. The molecule has 128 valence electrons. The molecule has 2 aliphatic carbocycles. The molecule has 2 saturated carbocycles. The average molecular weight is 305 g/mol. The summed E-state index contributed by atoms with van der Waals surface area (Å²) in [6.07, 6.45) is 6.98. The van der Waals surface area contributed by atoms with E-state index in [4.69, 9.17) is 0 Å². The van der Waals surface area contributed by atoms with Gasteiger partial charge in [-0.1, -0.05) is 67.0 Å². The Morgan fingerprint density at radius 3 is 1.86 bits per heavy atom. The Morgan fingerprint density at radius 1 is 0.727 bits per heavy atom. The lowest BCUT2D eigenvalue weighted by molar-refractivity contribution is 0.0933. The van der Waals surface area contributed by atoms with Crippen molar-refractivity contribution in [2.75, 3.05) is 0 Å². The summed E-state index contributed by atoms with van der Waals surface area (Å²) in [5, 5.41) is 0. The lowest BCUT2D eigenvalue weighted by Crippen LogP contribution is -2.38. The van der Waals surface area contributed by atoms with Gasteiger partial charge in [0.15, 0.2) is 0 Å². The molecule has 0 amide bonds. The predicted molar refractivity (Wildman–Crippen MR) is 98.8 cm³/mol. The van der Waals surface area contributed by atoms with E-state index in [9.17, 15) is 0 Å². The third-order valence-corrected chi connectivity index (χ3v) is 7.92. The summed E-state index contributed by atoms with van der Waals surface area (Å²) in [7, 11) is 0. The topological polar surface area (TPSA) is 0 Å². The van der Waals surface area contributed by atoms with Gasteiger partial charge in [-0.2, -0.15) is 0 Å². The number of hydrogen-bond acceptors (Lipinski definition) is 0. The summed E-state index contributed by atoms with van der Waals surface area (Å²) in [6.45, 7) is 21.9. The van der Waals surface area contributed by atoms with Crippen LogP contribution in [0.5, 0.6) is 0 Å². The molecule has 0 bridgehead atoms. The van der Waals surface area contributed by atoms with E-state index in [-0.39, 0.29) is 0 Å². The van der Waals surface area contributed by atoms with Crippen molar-refractivity contribution in [2.24, 2.45) is 46.8 Å². The Kier molecular flexibility index (Phi) is 5.50. The van der Waals surface area contributed by atoms with E-state index >= 15 is 0 Å². The summed E-state index contributed by atoms with van der Waals surface area (Å²) in [6, 6.07) is 0. The van der Waals surface area contributed by atoms with E-state index in [1.807, 2.05) is 0 Å². The highest BCUT2D eigenvalue weighted by molar-refractivity contribution is 5.16. The molecule has 0 heterocycles. The van der Waals surface area contributed by atoms with Crippen LogP contribution < -0.4 is 0 Å². The monoisotopic (exact) mass is 304 g/mol. The van der Waals surface area contributed by atoms with Gasteiger partial charge in [0.25, 0.3) is 0 Å². The van der Waals surface area contributed by atoms with Crippen molar-refractivity contribution >= 4 is 0 Å². The molecule has 0 aromatic heterocycles. The molecule has 0 heteroatoms. The van der Waals surface area contributed by atoms with Crippen LogP contribution in [0.3, 0.4) is 0 Å². The van der Waals surface area contributed by atoms with Crippen LogP contribution in [-0.2, 0) is 0 Å². The maximum Gasteiger partial charge on any atom is -0.0116 e. The average Bonchev–Trinajstić information content (AvgIpc) is 2.45. The Bertz CT molecular complexity index is 391. The SMILES string of the molecule is C=C(C1CC(C)C(C)CC1C)C(C)(C)C1CCC(C)C(C)C1. The van der Waals surface area contributed by atoms with Crippen molar-refractivity contribution < 1.29 is 0 Å². The van der Waals surface area contributed by atoms with Crippen LogP contribution in [0.2, 0.25) is 0 Å². The molecule has 0 N–H and O–H groups in total. The molecule has 0 nitrogen and oxygen atoms in total. The summed E-state index contributed by atoms with van der Waals surface area (Å²) in [4.78, 5) is 0. The van der Waals surface area contributed by atoms with Gasteiger partial charge in [0.2, 0.25) is 0 Å². The molecule has 22 heavy (non-hydrogen) atoms. The molecular weight excluding hydrogens is 264 g/mol. The summed E-state index contributed by atoms with van der Waals surface area (Å²) >= 11 is 0. The smallest absolute Gasteiger partial charge is 0.0116 e. The van der Waals surface area contributed by atoms with Gasteiger partial charge in [-0.05, 0) is 72.5 Å². The van der Waals surface area contributed by atoms with Crippen LogP contribution in [0.1, 0.15) is 80.6 Å². The molecule has 2 rings (SSSR count). The molecule has 2 fully saturated rings. The van der Waals surface area contributed by atoms with E-state index in [2.05, 4.69) is 55.0 Å². The van der Waals surface area contributed by atoms with Crippen molar-refractivity contribution in [2.45, 2.75) is 80.6 Å². The standard InChI is InChI=1S/C22H40/c1-14-9-10-20(12-16(14)3)22(7,8)19(6)21-13-17(4)15(2)11-18(21)5/h14-18,20-21H,6,9-13H2,1-5,7-8H3. The van der Waals surface area contributed by atoms with Gasteiger partial charge >= 0.3 is 0 Å². The van der Waals surface area contributed by atoms with Crippen LogP contribution in [-0.4, -0.2) is 0 Å². The first-order valence-corrected chi connectivity index (χ1v) is 9.83. The quantitative estimate of drug-likeness (QED) is 0.494. The highest BCUT2D eigenvalue weighted by atomic mass is 14.5. The fourth-order valence-electron chi connectivity index (χ4n) is 5.28. The van der Waals surface area contributed by atoms with Crippen LogP contribution in [0.25, 0.3) is 0 Å². The van der Waals surface area contributed by atoms with Gasteiger partial charge in [0, 0.05) is 0 Å². The summed E-state index contributed by atoms with van der Waals surface area (Å²) < 4.78 is 0. The molecule has 0 spiro atoms. The lowest BCUT2D eigenvalue weighted by atomic mass is 9.57. The van der Waals surface area contributed by atoms with Gasteiger partial charge in [-0.15, -0.1) is 0 Å². The highest BCUT2D eigenvalue weighted by Gasteiger charge is 2.42. The largest absolute Gasteiger partial charge is 0.0990 e. The molecule has 7 unspecified atom stereocenters. The molecule has 0 aromatic rings. The molecular formula is C22H40. The van der Waals surface area contributed by atoms with Crippen molar-refractivity contribution in [1.82, 2.24) is 0 Å². The molecule has 2 aliphatic rings. The van der Waals surface area contributed by atoms with Crippen LogP contribution in [0, 0.1) is 46.8 Å². The lowest BCUT2D eigenvalue weighted by Gasteiger charge is -2.48. The third kappa shape index (κ3) is 3.46. The second-order valence-corrected chi connectivity index (χ2v) is 9.72. The minimum Gasteiger partial charge on any atom is -0.0990 e. The van der Waals surface area contributed by atoms with Crippen LogP contribution >= 0.6 is 0 Å². The zero-order valence-corrected chi connectivity index (χ0v) is 16.3. The van der Waals surface area contributed by atoms with Gasteiger partial charge in [0.05, 0.1) is 0 Å². The first-order chi connectivity index (χ1) is 10.1. The third-order valence-electron chi connectivity index (χ3n) is 7.92. The Hall–Kier alpha value is -0.260. The zero-order valence-electron chi connectivity index (χ0n) is 16.3. The second kappa shape index (κ2) is 6.70. The van der Waals surface area contributed by atoms with Crippen LogP contribution in [0.15, 0.2) is 12.2 Å². The first-order valence-electron chi connectivity index (χ1n) is 9.83. The Balaban J connectivity index is 2.09. The second-order valence-electron chi connectivity index (χ2n) is 9.72. The van der Waals surface area contributed by atoms with Crippen molar-refractivity contribution in [3.05, 3.63) is 12.2 Å². The minimum absolute atomic E-state index is 0.313. The van der Waals surface area contributed by atoms with Gasteiger partial charge in [0.1, 0.15) is 0 Å². The predicted octanol–water partition coefficient (Wildman–Crippen LogP) is 6.96. The Morgan fingerprint density at radius 2 is 1.27 bits per heavy atom. The van der Waals surface area contributed by atoms with Crippen molar-refractivity contribution in [3.63, 3.8) is 0 Å². The normalized spacial score (nSPS) is 43.9. The molecule has 0 saturated heterocycles. The number of hydrogen-bond donors (Lipinski definition) is 0. The summed E-state index contributed by atoms with van der Waals surface area (Å²) in [5.41, 5.74) is 1.89. The van der Waals surface area contributed by atoms with Gasteiger partial charge in [-0.3, -0.25) is 0 Å². The van der Waals surface area contributed by atoms with Crippen LogP contribution in [0.4, 0.5) is 0 Å². The van der Waals surface area contributed by atoms with E-state index in [0.717, 1.165) is 41.4 Å². The maximum absolute atomic E-state index is 4.68. The van der Waals surface area contributed by atoms with Gasteiger partial charge in [-0.25, -0.2) is 0 Å². The number of rotatable bonds is 3. The maximum atomic E-state index is 4.68. The summed E-state index contributed by atoms with van der Waals surface area (Å²) in [5.74, 6) is 5.95. The molecule has 0 aliphatic heterocycles. The first kappa shape index (κ1) is 18.1. The van der Waals surface area contributed by atoms with E-state index in [1.165, 1.54) is 32.1 Å². The minimum atomic E-state index is 0.313.